The topological polar surface area (TPSA) is 276 Å². The van der Waals surface area contributed by atoms with Gasteiger partial charge in [0.1, 0.15) is 0 Å². The van der Waals surface area contributed by atoms with Crippen LogP contribution in [-0.4, -0.2) is 79.5 Å². The molecule has 0 aliphatic heterocycles. The SMILES string of the molecule is NCCN.O=C(O)CCC(=O)O.O=C(O)CCC(=O)O.O=C(O)CCC(=O)O.[H-].[H-].[H-].[Na+].[Na+].[Na+]. The molecule has 0 spiro atoms. The molecule has 0 bridgehead atoms. The van der Waals surface area contributed by atoms with Crippen LogP contribution in [0.2, 0.25) is 0 Å². The van der Waals surface area contributed by atoms with Crippen molar-refractivity contribution >= 4 is 35.8 Å². The first-order valence-electron chi connectivity index (χ1n) is 7.50. The van der Waals surface area contributed by atoms with Crippen molar-refractivity contribution in [1.29, 1.82) is 0 Å². The normalized spacial score (nSPS) is 7.55. The van der Waals surface area contributed by atoms with Gasteiger partial charge in [0.05, 0.1) is 38.5 Å². The third kappa shape index (κ3) is 92.4. The van der Waals surface area contributed by atoms with E-state index in [2.05, 4.69) is 0 Å². The maximum absolute atomic E-state index is 9.64. The van der Waals surface area contributed by atoms with Crippen LogP contribution >= 0.6 is 0 Å². The van der Waals surface area contributed by atoms with Crippen LogP contribution in [0.5, 0.6) is 0 Å². The van der Waals surface area contributed by atoms with E-state index in [1.54, 1.807) is 0 Å². The van der Waals surface area contributed by atoms with E-state index >= 15 is 0 Å². The van der Waals surface area contributed by atoms with Crippen molar-refractivity contribution in [3.63, 3.8) is 0 Å². The van der Waals surface area contributed by atoms with Crippen molar-refractivity contribution in [2.45, 2.75) is 38.5 Å². The molecule has 0 amide bonds. The zero-order valence-electron chi connectivity index (χ0n) is 20.9. The maximum atomic E-state index is 9.64. The minimum atomic E-state index is -1.08. The van der Waals surface area contributed by atoms with Crippen LogP contribution in [0.1, 0.15) is 42.8 Å². The Morgan fingerprint density at radius 3 is 0.548 bits per heavy atom. The molecule has 0 radical (unpaired) electrons. The number of aliphatic carboxylic acids is 6. The zero-order valence-corrected chi connectivity index (χ0v) is 23.9. The van der Waals surface area contributed by atoms with E-state index in [9.17, 15) is 28.8 Å². The van der Waals surface area contributed by atoms with Gasteiger partial charge in [-0.2, -0.15) is 0 Å². The second kappa shape index (κ2) is 37.1. The molecule has 0 heterocycles. The Morgan fingerprint density at radius 2 is 0.516 bits per heavy atom. The Balaban J connectivity index is -0.0000000272. The van der Waals surface area contributed by atoms with E-state index in [1.165, 1.54) is 0 Å². The van der Waals surface area contributed by atoms with Gasteiger partial charge >= 0.3 is 124 Å². The predicted octanol–water partition coefficient (Wildman–Crippen LogP) is -9.94. The fourth-order valence-electron chi connectivity index (χ4n) is 0.642. The van der Waals surface area contributed by atoms with Crippen molar-refractivity contribution in [2.75, 3.05) is 13.1 Å². The van der Waals surface area contributed by atoms with Crippen LogP contribution in [0.15, 0.2) is 0 Å². The minimum Gasteiger partial charge on any atom is -1.00 e. The molecule has 0 fully saturated rings. The molecule has 170 valence electrons. The van der Waals surface area contributed by atoms with Crippen molar-refractivity contribution in [1.82, 2.24) is 0 Å². The first-order valence-corrected chi connectivity index (χ1v) is 7.50. The number of nitrogens with two attached hydrogens (primary N) is 2. The first-order chi connectivity index (χ1) is 12.8. The van der Waals surface area contributed by atoms with Crippen molar-refractivity contribution < 1.29 is 152 Å². The summed E-state index contributed by atoms with van der Waals surface area (Å²) >= 11 is 0. The van der Waals surface area contributed by atoms with E-state index in [0.29, 0.717) is 13.1 Å². The quantitative estimate of drug-likeness (QED) is 0.133. The summed E-state index contributed by atoms with van der Waals surface area (Å²) in [5, 5.41) is 47.4. The van der Waals surface area contributed by atoms with Crippen LogP contribution < -0.4 is 100 Å². The van der Waals surface area contributed by atoms with Crippen LogP contribution in [0, 0.1) is 0 Å². The van der Waals surface area contributed by atoms with Crippen molar-refractivity contribution in [3.8, 4) is 0 Å². The van der Waals surface area contributed by atoms with E-state index in [0.717, 1.165) is 0 Å². The average Bonchev–Trinajstić information content (AvgIpc) is 2.57. The van der Waals surface area contributed by atoms with Gasteiger partial charge in [0.2, 0.25) is 0 Å². The Kier molecular flexibility index (Phi) is 57.7. The molecule has 0 rings (SSSR count). The number of rotatable bonds is 10. The number of hydrogen-bond acceptors (Lipinski definition) is 8. The summed E-state index contributed by atoms with van der Waals surface area (Å²) in [6.45, 7) is 1.19. The van der Waals surface area contributed by atoms with Crippen molar-refractivity contribution in [3.05, 3.63) is 0 Å². The van der Waals surface area contributed by atoms with Gasteiger partial charge in [-0.1, -0.05) is 0 Å². The largest absolute Gasteiger partial charge is 1.00 e. The number of carboxylic acid groups (broad SMARTS) is 6. The second-order valence-corrected chi connectivity index (χ2v) is 4.44. The van der Waals surface area contributed by atoms with Crippen LogP contribution in [-0.2, 0) is 28.8 Å². The molecule has 31 heavy (non-hydrogen) atoms. The van der Waals surface area contributed by atoms with Gasteiger partial charge in [-0.3, -0.25) is 28.8 Å². The Hall–Kier alpha value is -0.260. The van der Waals surface area contributed by atoms with Gasteiger partial charge in [0.25, 0.3) is 0 Å². The molecule has 0 aliphatic carbocycles. The standard InChI is InChI=1S/3C4H6O4.C2H8N2.3Na.3H/c3*5-3(6)1-2-4(7)8;3-1-2-4;;;;;;/h3*1-2H2,(H,5,6)(H,7,8);1-4H2;;;;;;/q;;;;3*+1;3*-1. The summed E-state index contributed by atoms with van der Waals surface area (Å²) < 4.78 is 0. The molecular weight excluding hydrogens is 457 g/mol. The molecule has 0 aliphatic rings. The number of hydrogen-bond donors (Lipinski definition) is 8. The molecule has 0 aromatic rings. The monoisotopic (exact) mass is 486 g/mol. The fraction of sp³-hybridized carbons (Fsp3) is 0.571. The number of carboxylic acids is 6. The van der Waals surface area contributed by atoms with Crippen LogP contribution in [0.25, 0.3) is 0 Å². The van der Waals surface area contributed by atoms with E-state index in [1.807, 2.05) is 0 Å². The van der Waals surface area contributed by atoms with Gasteiger partial charge in [0, 0.05) is 13.1 Å². The second-order valence-electron chi connectivity index (χ2n) is 4.44. The summed E-state index contributed by atoms with van der Waals surface area (Å²) in [6.07, 6.45) is -1.78. The van der Waals surface area contributed by atoms with Gasteiger partial charge in [-0.15, -0.1) is 0 Å². The molecule has 0 saturated heterocycles. The maximum Gasteiger partial charge on any atom is 1.00 e. The van der Waals surface area contributed by atoms with Gasteiger partial charge in [0.15, 0.2) is 0 Å². The summed E-state index contributed by atoms with van der Waals surface area (Å²) in [4.78, 5) is 57.8. The average molecular weight is 486 g/mol. The Labute approximate surface area is 249 Å². The van der Waals surface area contributed by atoms with Gasteiger partial charge in [-0.25, -0.2) is 0 Å². The van der Waals surface area contributed by atoms with Gasteiger partial charge in [-0.05, 0) is 0 Å². The smallest absolute Gasteiger partial charge is 1.00 e. The fourth-order valence-corrected chi connectivity index (χ4v) is 0.642. The molecule has 0 saturated carbocycles. The predicted molar refractivity (Wildman–Crippen MR) is 95.0 cm³/mol. The zero-order chi connectivity index (χ0) is 23.1. The summed E-state index contributed by atoms with van der Waals surface area (Å²) in [5.74, 6) is -6.46. The molecule has 17 heteroatoms. The Morgan fingerprint density at radius 1 is 0.419 bits per heavy atom. The molecule has 0 aromatic heterocycles. The molecule has 14 nitrogen and oxygen atoms in total. The summed E-state index contributed by atoms with van der Waals surface area (Å²) in [6, 6.07) is 0. The molecular formula is C14H29N2Na3O12. The van der Waals surface area contributed by atoms with Crippen LogP contribution in [0.4, 0.5) is 0 Å². The van der Waals surface area contributed by atoms with E-state index in [-0.39, 0.29) is 131 Å². The minimum absolute atomic E-state index is 0. The van der Waals surface area contributed by atoms with Gasteiger partial charge < -0.3 is 46.4 Å². The van der Waals surface area contributed by atoms with E-state index < -0.39 is 35.8 Å². The third-order valence-electron chi connectivity index (χ3n) is 1.82. The Bertz CT molecular complexity index is 411. The molecule has 10 N–H and O–H groups in total. The van der Waals surface area contributed by atoms with Crippen molar-refractivity contribution in [2.24, 2.45) is 11.5 Å². The summed E-state index contributed by atoms with van der Waals surface area (Å²) in [7, 11) is 0. The molecule has 0 aromatic carbocycles. The molecule has 0 atom stereocenters. The summed E-state index contributed by atoms with van der Waals surface area (Å²) in [5.41, 5.74) is 9.81. The molecule has 0 unspecified atom stereocenters. The van der Waals surface area contributed by atoms with E-state index in [4.69, 9.17) is 42.1 Å². The van der Waals surface area contributed by atoms with Crippen LogP contribution in [0.3, 0.4) is 0 Å². The third-order valence-corrected chi connectivity index (χ3v) is 1.82. The number of carbonyl (C=O) groups is 6. The first kappa shape index (κ1) is 48.2.